The Morgan fingerprint density at radius 1 is 0.263 bits per heavy atom. The van der Waals surface area contributed by atoms with E-state index in [-0.39, 0.29) is 31.1 Å². The average molecular weight is 1110 g/mol. The maximum absolute atomic E-state index is 12.9. The molecule has 0 aliphatic carbocycles. The number of ether oxygens (including phenoxy) is 3. The van der Waals surface area contributed by atoms with Gasteiger partial charge in [-0.25, -0.2) is 0 Å². The molecule has 80 heavy (non-hydrogen) atoms. The molecule has 0 radical (unpaired) electrons. The molecule has 6 nitrogen and oxygen atoms in total. The standard InChI is InChI=1S/C74H126O6/c1-4-7-10-13-16-18-20-22-24-26-28-30-31-32-33-34-35-36-37-38-39-40-41-42-43-44-46-47-49-51-53-55-58-61-64-67-73(76)79-70-71(69-78-72(75)66-63-60-57-15-12-9-6-3)80-74(77)68-65-62-59-56-54-52-50-48-45-29-27-25-23-21-19-17-14-11-8-5-2/h7,10,16,18,22,24,28,30,32-33,35-36,38-39,41-42,44,46,71H,4-6,8-9,11-15,17,19-21,23,25-27,29,31,34,37,40,43,45,47-70H2,1-3H3/b10-7-,18-16-,24-22-,30-28-,33-32-,36-35-,39-38-,42-41-,46-44-. The molecule has 0 saturated carbocycles. The summed E-state index contributed by atoms with van der Waals surface area (Å²) >= 11 is 0. The van der Waals surface area contributed by atoms with Gasteiger partial charge in [0.15, 0.2) is 6.10 Å². The van der Waals surface area contributed by atoms with Crippen LogP contribution < -0.4 is 0 Å². The molecule has 458 valence electrons. The molecule has 0 fully saturated rings. The number of allylic oxidation sites excluding steroid dienone is 18. The fourth-order valence-corrected chi connectivity index (χ4v) is 9.50. The van der Waals surface area contributed by atoms with Gasteiger partial charge in [0.1, 0.15) is 13.2 Å². The molecule has 1 atom stereocenters. The fraction of sp³-hybridized carbons (Fsp3) is 0.716. The van der Waals surface area contributed by atoms with Crippen molar-refractivity contribution in [3.05, 3.63) is 109 Å². The van der Waals surface area contributed by atoms with Gasteiger partial charge < -0.3 is 14.2 Å². The van der Waals surface area contributed by atoms with E-state index in [1.165, 1.54) is 161 Å². The molecule has 0 bridgehead atoms. The Balaban J connectivity index is 4.13. The van der Waals surface area contributed by atoms with Gasteiger partial charge in [-0.15, -0.1) is 0 Å². The lowest BCUT2D eigenvalue weighted by atomic mass is 10.0. The van der Waals surface area contributed by atoms with Gasteiger partial charge in [0, 0.05) is 19.3 Å². The molecule has 6 heteroatoms. The summed E-state index contributed by atoms with van der Waals surface area (Å²) in [7, 11) is 0. The van der Waals surface area contributed by atoms with Crippen molar-refractivity contribution >= 4 is 17.9 Å². The lowest BCUT2D eigenvalue weighted by Gasteiger charge is -2.18. The summed E-state index contributed by atoms with van der Waals surface area (Å²) in [6.07, 6.45) is 92.7. The summed E-state index contributed by atoms with van der Waals surface area (Å²) in [6.45, 7) is 6.51. The molecule has 0 aromatic heterocycles. The monoisotopic (exact) mass is 1110 g/mol. The normalized spacial score (nSPS) is 12.8. The van der Waals surface area contributed by atoms with Crippen LogP contribution in [0.2, 0.25) is 0 Å². The van der Waals surface area contributed by atoms with E-state index < -0.39 is 6.10 Å². The highest BCUT2D eigenvalue weighted by Crippen LogP contribution is 2.17. The summed E-state index contributed by atoms with van der Waals surface area (Å²) in [5.41, 5.74) is 0. The van der Waals surface area contributed by atoms with Crippen LogP contribution in [0.4, 0.5) is 0 Å². The number of hydrogen-bond acceptors (Lipinski definition) is 6. The lowest BCUT2D eigenvalue weighted by molar-refractivity contribution is -0.167. The Hall–Kier alpha value is -3.93. The second-order valence-corrected chi connectivity index (χ2v) is 22.4. The van der Waals surface area contributed by atoms with Crippen molar-refractivity contribution in [3.63, 3.8) is 0 Å². The number of hydrogen-bond donors (Lipinski definition) is 0. The molecule has 0 aromatic rings. The third kappa shape index (κ3) is 64.9. The van der Waals surface area contributed by atoms with Crippen molar-refractivity contribution < 1.29 is 28.6 Å². The second-order valence-electron chi connectivity index (χ2n) is 22.4. The summed E-state index contributed by atoms with van der Waals surface area (Å²) < 4.78 is 16.8. The minimum atomic E-state index is -0.779. The van der Waals surface area contributed by atoms with Gasteiger partial charge in [0.2, 0.25) is 0 Å². The van der Waals surface area contributed by atoms with Crippen molar-refractivity contribution in [3.8, 4) is 0 Å². The van der Waals surface area contributed by atoms with Gasteiger partial charge in [0.05, 0.1) is 0 Å². The van der Waals surface area contributed by atoms with Gasteiger partial charge in [-0.05, 0) is 89.9 Å². The zero-order valence-corrected chi connectivity index (χ0v) is 52.6. The molecule has 0 saturated heterocycles. The van der Waals surface area contributed by atoms with Crippen LogP contribution in [0.1, 0.15) is 323 Å². The zero-order valence-electron chi connectivity index (χ0n) is 52.6. The van der Waals surface area contributed by atoms with Crippen LogP contribution in [-0.2, 0) is 28.6 Å². The molecule has 1 unspecified atom stereocenters. The molecule has 0 aliphatic heterocycles. The Labute approximate surface area is 495 Å². The molecule has 0 spiro atoms. The topological polar surface area (TPSA) is 78.9 Å². The molecule has 0 heterocycles. The Kier molecular flexibility index (Phi) is 64.3. The fourth-order valence-electron chi connectivity index (χ4n) is 9.50. The minimum Gasteiger partial charge on any atom is -0.462 e. The summed E-state index contributed by atoms with van der Waals surface area (Å²) in [5, 5.41) is 0. The smallest absolute Gasteiger partial charge is 0.306 e. The molecule has 0 amide bonds. The molecule has 0 N–H and O–H groups in total. The third-order valence-corrected chi connectivity index (χ3v) is 14.5. The van der Waals surface area contributed by atoms with Gasteiger partial charge in [-0.2, -0.15) is 0 Å². The Morgan fingerprint density at radius 3 is 0.762 bits per heavy atom. The lowest BCUT2D eigenvalue weighted by Crippen LogP contribution is -2.30. The summed E-state index contributed by atoms with van der Waals surface area (Å²) in [6, 6.07) is 0. The zero-order chi connectivity index (χ0) is 57.8. The van der Waals surface area contributed by atoms with Crippen molar-refractivity contribution in [2.75, 3.05) is 13.2 Å². The molecular weight excluding hydrogens is 985 g/mol. The maximum atomic E-state index is 12.9. The van der Waals surface area contributed by atoms with E-state index in [9.17, 15) is 14.4 Å². The van der Waals surface area contributed by atoms with E-state index in [0.29, 0.717) is 19.3 Å². The SMILES string of the molecule is CC/C=C\C/C=C\C/C=C\C/C=C\C/C=C\C/C=C\C/C=C\C/C=C\C/C=C\CCCCCCCCCC(=O)OCC(COC(=O)CCCCCCCCC)OC(=O)CCCCCCCCCCCCCCCCCCCCCC. The summed E-state index contributed by atoms with van der Waals surface area (Å²) in [5.74, 6) is -0.884. The number of carbonyl (C=O) groups excluding carboxylic acids is 3. The van der Waals surface area contributed by atoms with Crippen molar-refractivity contribution in [2.24, 2.45) is 0 Å². The van der Waals surface area contributed by atoms with E-state index in [2.05, 4.69) is 130 Å². The van der Waals surface area contributed by atoms with Gasteiger partial charge in [-0.1, -0.05) is 323 Å². The first-order chi connectivity index (χ1) is 39.5. The van der Waals surface area contributed by atoms with Crippen molar-refractivity contribution in [2.45, 2.75) is 329 Å². The van der Waals surface area contributed by atoms with Crippen LogP contribution in [0.3, 0.4) is 0 Å². The average Bonchev–Trinajstić information content (AvgIpc) is 3.46. The molecule has 0 aromatic carbocycles. The van der Waals surface area contributed by atoms with Gasteiger partial charge >= 0.3 is 17.9 Å². The first kappa shape index (κ1) is 76.1. The van der Waals surface area contributed by atoms with Crippen LogP contribution in [0.5, 0.6) is 0 Å². The van der Waals surface area contributed by atoms with E-state index >= 15 is 0 Å². The van der Waals surface area contributed by atoms with Crippen LogP contribution >= 0.6 is 0 Å². The van der Waals surface area contributed by atoms with Crippen molar-refractivity contribution in [1.29, 1.82) is 0 Å². The highest BCUT2D eigenvalue weighted by atomic mass is 16.6. The summed E-state index contributed by atoms with van der Waals surface area (Å²) in [4.78, 5) is 38.1. The highest BCUT2D eigenvalue weighted by Gasteiger charge is 2.19. The number of unbranched alkanes of at least 4 members (excludes halogenated alkanes) is 32. The van der Waals surface area contributed by atoms with Crippen LogP contribution in [0.15, 0.2) is 109 Å². The molecular formula is C74H126O6. The number of carbonyl (C=O) groups is 3. The Morgan fingerprint density at radius 2 is 0.487 bits per heavy atom. The van der Waals surface area contributed by atoms with E-state index in [4.69, 9.17) is 14.2 Å². The highest BCUT2D eigenvalue weighted by molar-refractivity contribution is 5.71. The first-order valence-corrected chi connectivity index (χ1v) is 33.9. The quantitative estimate of drug-likeness (QED) is 0.0261. The minimum absolute atomic E-state index is 0.0778. The van der Waals surface area contributed by atoms with E-state index in [1.54, 1.807) is 0 Å². The molecule has 0 rings (SSSR count). The van der Waals surface area contributed by atoms with Gasteiger partial charge in [0.25, 0.3) is 0 Å². The van der Waals surface area contributed by atoms with Crippen molar-refractivity contribution in [1.82, 2.24) is 0 Å². The Bertz CT molecular complexity index is 1610. The third-order valence-electron chi connectivity index (χ3n) is 14.5. The van der Waals surface area contributed by atoms with Gasteiger partial charge in [-0.3, -0.25) is 14.4 Å². The first-order valence-electron chi connectivity index (χ1n) is 33.9. The maximum Gasteiger partial charge on any atom is 0.306 e. The predicted octanol–water partition coefficient (Wildman–Crippen LogP) is 23.4. The van der Waals surface area contributed by atoms with Crippen LogP contribution in [-0.4, -0.2) is 37.2 Å². The van der Waals surface area contributed by atoms with Crippen LogP contribution in [0.25, 0.3) is 0 Å². The van der Waals surface area contributed by atoms with Crippen LogP contribution in [0, 0.1) is 0 Å². The largest absolute Gasteiger partial charge is 0.462 e. The predicted molar refractivity (Wildman–Crippen MR) is 348 cm³/mol. The van der Waals surface area contributed by atoms with E-state index in [1.807, 2.05) is 0 Å². The number of esters is 3. The molecule has 0 aliphatic rings. The number of rotatable bonds is 61. The van der Waals surface area contributed by atoms with E-state index in [0.717, 1.165) is 122 Å². The second kappa shape index (κ2) is 67.6.